The van der Waals surface area contributed by atoms with Crippen LogP contribution in [0.4, 0.5) is 0 Å². The lowest BCUT2D eigenvalue weighted by molar-refractivity contribution is 0.228. The average Bonchev–Trinajstić information content (AvgIpc) is 2.38. The van der Waals surface area contributed by atoms with Gasteiger partial charge < -0.3 is 10.4 Å². The van der Waals surface area contributed by atoms with Crippen LogP contribution in [0.15, 0.2) is 24.3 Å². The molecule has 1 aliphatic rings. The highest BCUT2D eigenvalue weighted by atomic mass is 16.3. The highest BCUT2D eigenvalue weighted by Gasteiger charge is 2.23. The Morgan fingerprint density at radius 1 is 1.29 bits per heavy atom. The fourth-order valence-electron chi connectivity index (χ4n) is 2.62. The summed E-state index contributed by atoms with van der Waals surface area (Å²) in [6, 6.07) is 9.22. The Morgan fingerprint density at radius 2 is 2.00 bits per heavy atom. The summed E-state index contributed by atoms with van der Waals surface area (Å²) in [5, 5.41) is 12.7. The van der Waals surface area contributed by atoms with Crippen LogP contribution in [0.25, 0.3) is 0 Å². The van der Waals surface area contributed by atoms with Gasteiger partial charge in [0.1, 0.15) is 0 Å². The van der Waals surface area contributed by atoms with Gasteiger partial charge in [0.05, 0.1) is 0 Å². The second-order valence-electron chi connectivity index (χ2n) is 5.36. The van der Waals surface area contributed by atoms with Crippen LogP contribution >= 0.6 is 0 Å². The maximum absolute atomic E-state index is 9.06. The molecule has 0 aliphatic heterocycles. The second kappa shape index (κ2) is 5.65. The zero-order valence-corrected chi connectivity index (χ0v) is 10.8. The average molecular weight is 233 g/mol. The van der Waals surface area contributed by atoms with Crippen LogP contribution in [0.2, 0.25) is 0 Å². The molecule has 0 amide bonds. The van der Waals surface area contributed by atoms with Crippen molar-refractivity contribution in [2.75, 3.05) is 13.2 Å². The molecule has 1 aliphatic carbocycles. The van der Waals surface area contributed by atoms with Crippen LogP contribution in [0, 0.1) is 5.92 Å². The van der Waals surface area contributed by atoms with E-state index in [1.807, 2.05) is 0 Å². The Labute approximate surface area is 104 Å². The Hall–Kier alpha value is -0.860. The molecular formula is C15H23NO. The molecule has 0 aromatic heterocycles. The number of nitrogens with one attached hydrogen (secondary N) is 1. The van der Waals surface area contributed by atoms with E-state index >= 15 is 0 Å². The van der Waals surface area contributed by atoms with Crippen molar-refractivity contribution in [3.63, 3.8) is 0 Å². The van der Waals surface area contributed by atoms with Gasteiger partial charge in [0.2, 0.25) is 0 Å². The molecule has 1 aromatic rings. The topological polar surface area (TPSA) is 32.3 Å². The molecule has 0 saturated carbocycles. The fourth-order valence-corrected chi connectivity index (χ4v) is 2.62. The predicted molar refractivity (Wildman–Crippen MR) is 71.1 cm³/mol. The minimum Gasteiger partial charge on any atom is -0.396 e. The van der Waals surface area contributed by atoms with Crippen molar-refractivity contribution >= 4 is 0 Å². The smallest absolute Gasteiger partial charge is 0.0468 e. The van der Waals surface area contributed by atoms with Gasteiger partial charge in [-0.15, -0.1) is 0 Å². The molecule has 2 heteroatoms. The van der Waals surface area contributed by atoms with Gasteiger partial charge in [0, 0.05) is 19.2 Å². The number of hydrogen-bond donors (Lipinski definition) is 2. The highest BCUT2D eigenvalue weighted by Crippen LogP contribution is 2.36. The van der Waals surface area contributed by atoms with E-state index in [-0.39, 0.29) is 6.61 Å². The highest BCUT2D eigenvalue weighted by molar-refractivity contribution is 5.34. The molecule has 0 spiro atoms. The predicted octanol–water partition coefficient (Wildman–Crippen LogP) is 2.84. The summed E-state index contributed by atoms with van der Waals surface area (Å²) in [5.41, 5.74) is 2.95. The summed E-state index contributed by atoms with van der Waals surface area (Å²) in [7, 11) is 0. The summed E-state index contributed by atoms with van der Waals surface area (Å²) in [4.78, 5) is 0. The molecular weight excluding hydrogens is 210 g/mol. The standard InChI is InChI=1S/C15H23NO/c1-11(10-17)9-16-15-8-7-12(2)13-5-3-4-6-14(13)15/h3-6,11-12,15-17H,7-10H2,1-2H3. The van der Waals surface area contributed by atoms with Gasteiger partial charge in [0.25, 0.3) is 0 Å². The van der Waals surface area contributed by atoms with Crippen LogP contribution in [0.5, 0.6) is 0 Å². The Balaban J connectivity index is 2.08. The van der Waals surface area contributed by atoms with Crippen molar-refractivity contribution in [2.45, 2.75) is 38.6 Å². The van der Waals surface area contributed by atoms with E-state index < -0.39 is 0 Å². The van der Waals surface area contributed by atoms with E-state index in [4.69, 9.17) is 5.11 Å². The van der Waals surface area contributed by atoms with Gasteiger partial charge in [-0.1, -0.05) is 38.1 Å². The first-order chi connectivity index (χ1) is 8.22. The first-order valence-electron chi connectivity index (χ1n) is 6.65. The minimum absolute atomic E-state index is 0.262. The third-order valence-corrected chi connectivity index (χ3v) is 3.82. The van der Waals surface area contributed by atoms with Crippen LogP contribution < -0.4 is 5.32 Å². The Morgan fingerprint density at radius 3 is 2.71 bits per heavy atom. The number of fused-ring (bicyclic) bond motifs is 1. The third kappa shape index (κ3) is 2.88. The van der Waals surface area contributed by atoms with E-state index in [1.165, 1.54) is 24.0 Å². The minimum atomic E-state index is 0.262. The van der Waals surface area contributed by atoms with Crippen LogP contribution in [0.1, 0.15) is 49.8 Å². The van der Waals surface area contributed by atoms with Gasteiger partial charge in [-0.2, -0.15) is 0 Å². The summed E-state index contributed by atoms with van der Waals surface area (Å²) >= 11 is 0. The van der Waals surface area contributed by atoms with Crippen LogP contribution in [-0.2, 0) is 0 Å². The molecule has 0 fully saturated rings. The molecule has 0 radical (unpaired) electrons. The SMILES string of the molecule is CC(CO)CNC1CCC(C)c2ccccc21. The fraction of sp³-hybridized carbons (Fsp3) is 0.600. The van der Waals surface area contributed by atoms with E-state index in [2.05, 4.69) is 43.4 Å². The molecule has 0 heterocycles. The lowest BCUT2D eigenvalue weighted by Gasteiger charge is -2.31. The number of aliphatic hydroxyl groups excluding tert-OH is 1. The number of benzene rings is 1. The summed E-state index contributed by atoms with van der Waals surface area (Å²) < 4.78 is 0. The van der Waals surface area contributed by atoms with Gasteiger partial charge >= 0.3 is 0 Å². The van der Waals surface area contributed by atoms with Crippen molar-refractivity contribution in [1.29, 1.82) is 0 Å². The lowest BCUT2D eigenvalue weighted by Crippen LogP contribution is -2.30. The largest absolute Gasteiger partial charge is 0.396 e. The molecule has 0 saturated heterocycles. The Bertz CT molecular complexity index is 364. The van der Waals surface area contributed by atoms with Crippen molar-refractivity contribution < 1.29 is 5.11 Å². The molecule has 3 unspecified atom stereocenters. The first kappa shape index (κ1) is 12.6. The van der Waals surface area contributed by atoms with Crippen molar-refractivity contribution in [1.82, 2.24) is 5.32 Å². The van der Waals surface area contributed by atoms with E-state index in [0.717, 1.165) is 6.54 Å². The lowest BCUT2D eigenvalue weighted by atomic mass is 9.81. The number of hydrogen-bond acceptors (Lipinski definition) is 2. The molecule has 1 aromatic carbocycles. The third-order valence-electron chi connectivity index (χ3n) is 3.82. The van der Waals surface area contributed by atoms with Gasteiger partial charge in [-0.25, -0.2) is 0 Å². The molecule has 17 heavy (non-hydrogen) atoms. The zero-order valence-electron chi connectivity index (χ0n) is 10.8. The van der Waals surface area contributed by atoms with E-state index in [1.54, 1.807) is 0 Å². The molecule has 2 nitrogen and oxygen atoms in total. The van der Waals surface area contributed by atoms with Crippen molar-refractivity contribution in [2.24, 2.45) is 5.92 Å². The first-order valence-corrected chi connectivity index (χ1v) is 6.65. The summed E-state index contributed by atoms with van der Waals surface area (Å²) in [5.74, 6) is 1.01. The van der Waals surface area contributed by atoms with E-state index in [0.29, 0.717) is 17.9 Å². The number of rotatable bonds is 4. The van der Waals surface area contributed by atoms with E-state index in [9.17, 15) is 0 Å². The van der Waals surface area contributed by atoms with Gasteiger partial charge in [-0.05, 0) is 35.8 Å². The Kier molecular flexibility index (Phi) is 4.19. The molecule has 94 valence electrons. The van der Waals surface area contributed by atoms with Gasteiger partial charge in [-0.3, -0.25) is 0 Å². The van der Waals surface area contributed by atoms with Crippen LogP contribution in [-0.4, -0.2) is 18.3 Å². The maximum atomic E-state index is 9.06. The maximum Gasteiger partial charge on any atom is 0.0468 e. The van der Waals surface area contributed by atoms with Crippen LogP contribution in [0.3, 0.4) is 0 Å². The monoisotopic (exact) mass is 233 g/mol. The summed E-state index contributed by atoms with van der Waals surface area (Å²) in [6.45, 7) is 5.54. The molecule has 3 atom stereocenters. The second-order valence-corrected chi connectivity index (χ2v) is 5.36. The van der Waals surface area contributed by atoms with Crippen molar-refractivity contribution in [3.05, 3.63) is 35.4 Å². The summed E-state index contributed by atoms with van der Waals surface area (Å²) in [6.07, 6.45) is 2.46. The van der Waals surface area contributed by atoms with Crippen molar-refractivity contribution in [3.8, 4) is 0 Å². The zero-order chi connectivity index (χ0) is 12.3. The molecule has 0 bridgehead atoms. The van der Waals surface area contributed by atoms with Gasteiger partial charge in [0.15, 0.2) is 0 Å². The normalized spacial score (nSPS) is 25.4. The molecule has 2 N–H and O–H groups in total. The number of aliphatic hydroxyl groups is 1. The quantitative estimate of drug-likeness (QED) is 0.838. The molecule has 2 rings (SSSR count).